The van der Waals surface area contributed by atoms with Crippen molar-refractivity contribution in [3.05, 3.63) is 28.8 Å². The SMILES string of the molecule is CCNCc1cccc(Cl)c1N1CCSCC1. The van der Waals surface area contributed by atoms with E-state index in [1.807, 2.05) is 23.9 Å². The molecule has 0 radical (unpaired) electrons. The molecule has 1 aliphatic heterocycles. The maximum atomic E-state index is 6.37. The maximum Gasteiger partial charge on any atom is 0.0642 e. The fourth-order valence-corrected chi connectivity index (χ4v) is 3.32. The van der Waals surface area contributed by atoms with Crippen LogP contribution in [0.1, 0.15) is 12.5 Å². The Morgan fingerprint density at radius 1 is 1.35 bits per heavy atom. The molecule has 1 aromatic carbocycles. The van der Waals surface area contributed by atoms with Gasteiger partial charge in [0.25, 0.3) is 0 Å². The molecule has 0 spiro atoms. The molecule has 0 aliphatic carbocycles. The summed E-state index contributed by atoms with van der Waals surface area (Å²) < 4.78 is 0. The number of para-hydroxylation sites is 1. The third-order valence-electron chi connectivity index (χ3n) is 2.96. The molecule has 94 valence electrons. The van der Waals surface area contributed by atoms with Gasteiger partial charge in [-0.05, 0) is 18.2 Å². The van der Waals surface area contributed by atoms with Gasteiger partial charge in [-0.15, -0.1) is 0 Å². The molecule has 1 aliphatic rings. The van der Waals surface area contributed by atoms with Crippen LogP contribution in [0.5, 0.6) is 0 Å². The summed E-state index contributed by atoms with van der Waals surface area (Å²) in [4.78, 5) is 2.42. The third kappa shape index (κ3) is 3.30. The van der Waals surface area contributed by atoms with Gasteiger partial charge in [-0.3, -0.25) is 0 Å². The van der Waals surface area contributed by atoms with Gasteiger partial charge in [0.2, 0.25) is 0 Å². The van der Waals surface area contributed by atoms with Crippen molar-refractivity contribution < 1.29 is 0 Å². The Labute approximate surface area is 113 Å². The van der Waals surface area contributed by atoms with E-state index in [0.717, 1.165) is 31.2 Å². The first-order chi connectivity index (χ1) is 8.33. The standard InChI is InChI=1S/C13H19ClN2S/c1-2-15-10-11-4-3-5-12(14)13(11)16-6-8-17-9-7-16/h3-5,15H,2,6-10H2,1H3. The summed E-state index contributed by atoms with van der Waals surface area (Å²) in [6, 6.07) is 6.21. The Balaban J connectivity index is 2.22. The van der Waals surface area contributed by atoms with Gasteiger partial charge in [0, 0.05) is 31.1 Å². The van der Waals surface area contributed by atoms with Gasteiger partial charge in [0.1, 0.15) is 0 Å². The topological polar surface area (TPSA) is 15.3 Å². The molecule has 1 saturated heterocycles. The summed E-state index contributed by atoms with van der Waals surface area (Å²) >= 11 is 8.39. The van der Waals surface area contributed by atoms with Crippen LogP contribution < -0.4 is 10.2 Å². The first-order valence-corrected chi connectivity index (χ1v) is 7.67. The van der Waals surface area contributed by atoms with E-state index in [-0.39, 0.29) is 0 Å². The number of halogens is 1. The number of rotatable bonds is 4. The predicted octanol–water partition coefficient (Wildman–Crippen LogP) is 3.00. The molecule has 0 bridgehead atoms. The highest BCUT2D eigenvalue weighted by Gasteiger charge is 2.17. The first kappa shape index (κ1) is 13.1. The van der Waals surface area contributed by atoms with Crippen LogP contribution in [0.2, 0.25) is 5.02 Å². The van der Waals surface area contributed by atoms with Gasteiger partial charge in [-0.2, -0.15) is 11.8 Å². The monoisotopic (exact) mass is 270 g/mol. The highest BCUT2D eigenvalue weighted by Crippen LogP contribution is 2.31. The minimum absolute atomic E-state index is 0.882. The van der Waals surface area contributed by atoms with Crippen LogP contribution in [0.4, 0.5) is 5.69 Å². The third-order valence-corrected chi connectivity index (χ3v) is 4.21. The summed E-state index contributed by atoms with van der Waals surface area (Å²) in [5.41, 5.74) is 2.54. The number of anilines is 1. The Kier molecular flexibility index (Phi) is 5.01. The van der Waals surface area contributed by atoms with Crippen molar-refractivity contribution in [2.45, 2.75) is 13.5 Å². The summed E-state index contributed by atoms with van der Waals surface area (Å²) in [7, 11) is 0. The van der Waals surface area contributed by atoms with Crippen LogP contribution in [-0.2, 0) is 6.54 Å². The van der Waals surface area contributed by atoms with Crippen molar-refractivity contribution >= 4 is 29.1 Å². The van der Waals surface area contributed by atoms with Crippen LogP contribution in [0, 0.1) is 0 Å². The first-order valence-electron chi connectivity index (χ1n) is 6.13. The average Bonchev–Trinajstić information content (AvgIpc) is 2.37. The normalized spacial score (nSPS) is 16.2. The molecule has 1 heterocycles. The van der Waals surface area contributed by atoms with Gasteiger partial charge >= 0.3 is 0 Å². The van der Waals surface area contributed by atoms with E-state index >= 15 is 0 Å². The Hall–Kier alpha value is -0.380. The van der Waals surface area contributed by atoms with Gasteiger partial charge in [0.15, 0.2) is 0 Å². The molecule has 1 fully saturated rings. The van der Waals surface area contributed by atoms with Crippen molar-refractivity contribution in [3.63, 3.8) is 0 Å². The van der Waals surface area contributed by atoms with Crippen molar-refractivity contribution in [2.24, 2.45) is 0 Å². The minimum atomic E-state index is 0.882. The quantitative estimate of drug-likeness (QED) is 0.906. The number of hydrogen-bond donors (Lipinski definition) is 1. The minimum Gasteiger partial charge on any atom is -0.368 e. The lowest BCUT2D eigenvalue weighted by atomic mass is 10.1. The summed E-state index contributed by atoms with van der Waals surface area (Å²) in [6.07, 6.45) is 0. The van der Waals surface area contributed by atoms with E-state index in [2.05, 4.69) is 23.2 Å². The highest BCUT2D eigenvalue weighted by molar-refractivity contribution is 7.99. The summed E-state index contributed by atoms with van der Waals surface area (Å²) in [5.74, 6) is 2.40. The van der Waals surface area contributed by atoms with Crippen molar-refractivity contribution in [1.29, 1.82) is 0 Å². The molecule has 0 amide bonds. The molecular weight excluding hydrogens is 252 g/mol. The molecule has 2 nitrogen and oxygen atoms in total. The number of thioether (sulfide) groups is 1. The lowest BCUT2D eigenvalue weighted by molar-refractivity contribution is 0.721. The van der Waals surface area contributed by atoms with E-state index in [9.17, 15) is 0 Å². The molecule has 0 atom stereocenters. The highest BCUT2D eigenvalue weighted by atomic mass is 35.5. The second kappa shape index (κ2) is 6.53. The Bertz CT molecular complexity index is 364. The second-order valence-corrected chi connectivity index (χ2v) is 5.76. The van der Waals surface area contributed by atoms with E-state index in [1.165, 1.54) is 22.8 Å². The van der Waals surface area contributed by atoms with Crippen LogP contribution in [0.25, 0.3) is 0 Å². The van der Waals surface area contributed by atoms with Gasteiger partial charge in [-0.25, -0.2) is 0 Å². The lowest BCUT2D eigenvalue weighted by Crippen LogP contribution is -2.33. The largest absolute Gasteiger partial charge is 0.368 e. The number of benzene rings is 1. The zero-order valence-corrected chi connectivity index (χ0v) is 11.8. The molecule has 2 rings (SSSR count). The van der Waals surface area contributed by atoms with E-state index < -0.39 is 0 Å². The number of nitrogens with zero attached hydrogens (tertiary/aromatic N) is 1. The zero-order valence-electron chi connectivity index (χ0n) is 10.2. The smallest absolute Gasteiger partial charge is 0.0642 e. The molecule has 0 aromatic heterocycles. The molecule has 1 aromatic rings. The molecule has 0 saturated carbocycles. The van der Waals surface area contributed by atoms with Crippen LogP contribution in [0.15, 0.2) is 18.2 Å². The zero-order chi connectivity index (χ0) is 12.1. The van der Waals surface area contributed by atoms with Crippen LogP contribution in [-0.4, -0.2) is 31.1 Å². The van der Waals surface area contributed by atoms with E-state index in [1.54, 1.807) is 0 Å². The predicted molar refractivity (Wildman–Crippen MR) is 78.4 cm³/mol. The van der Waals surface area contributed by atoms with Crippen molar-refractivity contribution in [1.82, 2.24) is 5.32 Å². The average molecular weight is 271 g/mol. The fraction of sp³-hybridized carbons (Fsp3) is 0.538. The summed E-state index contributed by atoms with van der Waals surface area (Å²) in [5, 5.41) is 4.26. The van der Waals surface area contributed by atoms with E-state index in [4.69, 9.17) is 11.6 Å². The molecule has 0 unspecified atom stereocenters. The van der Waals surface area contributed by atoms with Gasteiger partial charge in [-0.1, -0.05) is 30.7 Å². The number of nitrogens with one attached hydrogen (secondary N) is 1. The fourth-order valence-electron chi connectivity index (χ4n) is 2.10. The lowest BCUT2D eigenvalue weighted by Gasteiger charge is -2.31. The molecule has 17 heavy (non-hydrogen) atoms. The molecule has 4 heteroatoms. The van der Waals surface area contributed by atoms with Crippen LogP contribution in [0.3, 0.4) is 0 Å². The Morgan fingerprint density at radius 3 is 2.82 bits per heavy atom. The Morgan fingerprint density at radius 2 is 2.12 bits per heavy atom. The molecular formula is C13H19ClN2S. The second-order valence-electron chi connectivity index (χ2n) is 4.13. The van der Waals surface area contributed by atoms with Crippen LogP contribution >= 0.6 is 23.4 Å². The number of hydrogen-bond acceptors (Lipinski definition) is 3. The van der Waals surface area contributed by atoms with Crippen molar-refractivity contribution in [3.8, 4) is 0 Å². The van der Waals surface area contributed by atoms with Crippen molar-refractivity contribution in [2.75, 3.05) is 36.0 Å². The summed E-state index contributed by atoms with van der Waals surface area (Å²) in [6.45, 7) is 6.22. The van der Waals surface area contributed by atoms with Gasteiger partial charge in [0.05, 0.1) is 10.7 Å². The maximum absolute atomic E-state index is 6.37. The van der Waals surface area contributed by atoms with Gasteiger partial charge < -0.3 is 10.2 Å². The molecule has 1 N–H and O–H groups in total. The van der Waals surface area contributed by atoms with E-state index in [0.29, 0.717) is 0 Å².